The smallest absolute Gasteiger partial charge is 0.210 e. The second kappa shape index (κ2) is 3.82. The summed E-state index contributed by atoms with van der Waals surface area (Å²) >= 11 is -0.925. The highest BCUT2D eigenvalue weighted by molar-refractivity contribution is 7.89. The first-order valence-corrected chi connectivity index (χ1v) is 6.12. The van der Waals surface area contributed by atoms with Gasteiger partial charge in [0.2, 0.25) is 5.88 Å². The fourth-order valence-corrected chi connectivity index (χ4v) is 1.75. The van der Waals surface area contributed by atoms with Crippen LogP contribution in [0.1, 0.15) is 26.5 Å². The molecule has 4 nitrogen and oxygen atoms in total. The Morgan fingerprint density at radius 3 is 2.50 bits per heavy atom. The summed E-state index contributed by atoms with van der Waals surface area (Å²) in [7, 11) is 0. The second-order valence-corrected chi connectivity index (χ2v) is 5.73. The molecular weight excluding hydrogens is 200 g/mol. The van der Waals surface area contributed by atoms with Gasteiger partial charge in [0.1, 0.15) is 11.4 Å². The Hall–Kier alpha value is -0.680. The summed E-state index contributed by atoms with van der Waals surface area (Å²) in [5.41, 5.74) is 0.413. The summed E-state index contributed by atoms with van der Waals surface area (Å²) in [6.07, 6.45) is 1.62. The van der Waals surface area contributed by atoms with Gasteiger partial charge in [0.25, 0.3) is 0 Å². The highest BCUT2D eigenvalue weighted by Crippen LogP contribution is 2.22. The SMILES string of the molecule is C[S+]([O-])Cc1cc(O)n(C(C)(C)C)n1. The molecule has 1 aromatic heterocycles. The maximum absolute atomic E-state index is 11.0. The van der Waals surface area contributed by atoms with Gasteiger partial charge in [-0.05, 0) is 20.8 Å². The van der Waals surface area contributed by atoms with Gasteiger partial charge in [-0.3, -0.25) is 0 Å². The van der Waals surface area contributed by atoms with E-state index in [2.05, 4.69) is 5.10 Å². The molecular formula is C9H16N2O2S. The molecule has 0 radical (unpaired) electrons. The summed E-state index contributed by atoms with van der Waals surface area (Å²) < 4.78 is 12.5. The van der Waals surface area contributed by atoms with E-state index in [0.29, 0.717) is 11.4 Å². The van der Waals surface area contributed by atoms with E-state index in [0.717, 1.165) is 0 Å². The molecule has 1 unspecified atom stereocenters. The van der Waals surface area contributed by atoms with Crippen molar-refractivity contribution in [2.75, 3.05) is 6.26 Å². The van der Waals surface area contributed by atoms with Crippen LogP contribution < -0.4 is 0 Å². The van der Waals surface area contributed by atoms with Gasteiger partial charge >= 0.3 is 0 Å². The number of hydrogen-bond donors (Lipinski definition) is 1. The molecule has 0 aliphatic heterocycles. The molecule has 1 atom stereocenters. The van der Waals surface area contributed by atoms with Crippen molar-refractivity contribution in [2.24, 2.45) is 0 Å². The molecule has 0 amide bonds. The molecule has 5 heteroatoms. The van der Waals surface area contributed by atoms with Gasteiger partial charge in [-0.15, -0.1) is 0 Å². The van der Waals surface area contributed by atoms with Crippen molar-refractivity contribution >= 4 is 11.2 Å². The molecule has 0 bridgehead atoms. The third-order valence-corrected chi connectivity index (χ3v) is 2.43. The Bertz CT molecular complexity index is 315. The zero-order valence-electron chi connectivity index (χ0n) is 8.94. The summed E-state index contributed by atoms with van der Waals surface area (Å²) in [6.45, 7) is 5.85. The Kier molecular flexibility index (Phi) is 3.11. The van der Waals surface area contributed by atoms with Crippen molar-refractivity contribution in [1.29, 1.82) is 0 Å². The molecule has 0 aromatic carbocycles. The van der Waals surface area contributed by atoms with E-state index in [1.165, 1.54) is 4.68 Å². The minimum Gasteiger partial charge on any atom is -0.616 e. The first-order valence-electron chi connectivity index (χ1n) is 4.39. The van der Waals surface area contributed by atoms with Crippen molar-refractivity contribution in [1.82, 2.24) is 9.78 Å². The Morgan fingerprint density at radius 2 is 2.14 bits per heavy atom. The van der Waals surface area contributed by atoms with E-state index in [1.807, 2.05) is 20.8 Å². The number of rotatable bonds is 2. The van der Waals surface area contributed by atoms with Gasteiger partial charge in [0.15, 0.2) is 0 Å². The van der Waals surface area contributed by atoms with Gasteiger partial charge in [-0.25, -0.2) is 4.68 Å². The van der Waals surface area contributed by atoms with Crippen LogP contribution >= 0.6 is 0 Å². The number of hydrogen-bond acceptors (Lipinski definition) is 3. The van der Waals surface area contributed by atoms with E-state index in [9.17, 15) is 9.66 Å². The topological polar surface area (TPSA) is 61.1 Å². The molecule has 80 valence electrons. The highest BCUT2D eigenvalue weighted by atomic mass is 32.2. The van der Waals surface area contributed by atoms with Crippen molar-refractivity contribution < 1.29 is 9.66 Å². The Balaban J connectivity index is 2.94. The van der Waals surface area contributed by atoms with E-state index < -0.39 is 11.2 Å². The molecule has 0 fully saturated rings. The monoisotopic (exact) mass is 216 g/mol. The van der Waals surface area contributed by atoms with Gasteiger partial charge in [-0.1, -0.05) is 11.2 Å². The minimum absolute atomic E-state index is 0.123. The molecule has 0 aliphatic rings. The molecule has 1 aromatic rings. The fraction of sp³-hybridized carbons (Fsp3) is 0.667. The predicted octanol–water partition coefficient (Wildman–Crippen LogP) is 1.22. The van der Waals surface area contributed by atoms with Crippen LogP contribution in [0.5, 0.6) is 5.88 Å². The minimum atomic E-state index is -0.925. The standard InChI is InChI=1S/C9H16N2O2S/c1-9(2,3)11-8(12)5-7(10-11)6-14(4)13/h5,12H,6H2,1-4H3. The number of aromatic hydroxyl groups is 1. The van der Waals surface area contributed by atoms with Crippen LogP contribution in [0, 0.1) is 0 Å². The Morgan fingerprint density at radius 1 is 1.57 bits per heavy atom. The average molecular weight is 216 g/mol. The molecule has 1 N–H and O–H groups in total. The lowest BCUT2D eigenvalue weighted by Crippen LogP contribution is -2.23. The Labute approximate surface area is 87.1 Å². The molecule has 1 heterocycles. The van der Waals surface area contributed by atoms with E-state index >= 15 is 0 Å². The van der Waals surface area contributed by atoms with Crippen LogP contribution in [0.3, 0.4) is 0 Å². The second-order valence-electron chi connectivity index (χ2n) is 4.29. The van der Waals surface area contributed by atoms with Gasteiger partial charge in [0, 0.05) is 6.07 Å². The average Bonchev–Trinajstić information content (AvgIpc) is 2.27. The molecule has 0 spiro atoms. The number of nitrogens with zero attached hydrogens (tertiary/aromatic N) is 2. The summed E-state index contributed by atoms with van der Waals surface area (Å²) in [5.74, 6) is 0.509. The lowest BCUT2D eigenvalue weighted by atomic mass is 10.1. The summed E-state index contributed by atoms with van der Waals surface area (Å²) in [6, 6.07) is 1.56. The third kappa shape index (κ3) is 2.65. The van der Waals surface area contributed by atoms with Gasteiger partial charge in [-0.2, -0.15) is 5.10 Å². The van der Waals surface area contributed by atoms with Crippen LogP contribution in [0.2, 0.25) is 0 Å². The zero-order chi connectivity index (χ0) is 10.9. The normalized spacial score (nSPS) is 14.4. The van der Waals surface area contributed by atoms with Crippen molar-refractivity contribution in [2.45, 2.75) is 32.1 Å². The third-order valence-electron chi connectivity index (χ3n) is 1.73. The largest absolute Gasteiger partial charge is 0.616 e. The molecule has 0 saturated heterocycles. The fourth-order valence-electron chi connectivity index (χ4n) is 1.19. The molecule has 0 aliphatic carbocycles. The maximum Gasteiger partial charge on any atom is 0.210 e. The zero-order valence-corrected chi connectivity index (χ0v) is 9.76. The van der Waals surface area contributed by atoms with Gasteiger partial charge < -0.3 is 9.66 Å². The van der Waals surface area contributed by atoms with Crippen LogP contribution in [0.4, 0.5) is 0 Å². The van der Waals surface area contributed by atoms with E-state index in [1.54, 1.807) is 12.3 Å². The van der Waals surface area contributed by atoms with Crippen molar-refractivity contribution in [3.05, 3.63) is 11.8 Å². The first kappa shape index (κ1) is 11.4. The predicted molar refractivity (Wildman–Crippen MR) is 56.7 cm³/mol. The van der Waals surface area contributed by atoms with Crippen LogP contribution in [0.25, 0.3) is 0 Å². The van der Waals surface area contributed by atoms with Crippen LogP contribution in [-0.2, 0) is 22.5 Å². The van der Waals surface area contributed by atoms with Crippen LogP contribution in [-0.4, -0.2) is 25.7 Å². The molecule has 1 rings (SSSR count). The number of aromatic nitrogens is 2. The van der Waals surface area contributed by atoms with Crippen molar-refractivity contribution in [3.8, 4) is 5.88 Å². The molecule has 0 saturated carbocycles. The molecule has 14 heavy (non-hydrogen) atoms. The maximum atomic E-state index is 11.0. The van der Waals surface area contributed by atoms with E-state index in [4.69, 9.17) is 0 Å². The summed E-state index contributed by atoms with van der Waals surface area (Å²) in [4.78, 5) is 0. The van der Waals surface area contributed by atoms with E-state index in [-0.39, 0.29) is 11.4 Å². The first-order chi connectivity index (χ1) is 6.30. The lowest BCUT2D eigenvalue weighted by molar-refractivity contribution is 0.294. The quantitative estimate of drug-likeness (QED) is 0.756. The van der Waals surface area contributed by atoms with Crippen LogP contribution in [0.15, 0.2) is 6.07 Å². The van der Waals surface area contributed by atoms with Crippen molar-refractivity contribution in [3.63, 3.8) is 0 Å². The summed E-state index contributed by atoms with van der Waals surface area (Å²) in [5, 5.41) is 13.8. The van der Waals surface area contributed by atoms with Gasteiger partial charge in [0.05, 0.1) is 11.8 Å². The lowest BCUT2D eigenvalue weighted by Gasteiger charge is -2.19. The highest BCUT2D eigenvalue weighted by Gasteiger charge is 2.20.